The van der Waals surface area contributed by atoms with Crippen LogP contribution in [0.2, 0.25) is 5.02 Å². The summed E-state index contributed by atoms with van der Waals surface area (Å²) in [5.41, 5.74) is 3.02. The van der Waals surface area contributed by atoms with Crippen molar-refractivity contribution in [3.63, 3.8) is 0 Å². The number of benzene rings is 1. The Balaban J connectivity index is 1.85. The highest BCUT2D eigenvalue weighted by Gasteiger charge is 2.39. The minimum atomic E-state index is 0.802. The summed E-state index contributed by atoms with van der Waals surface area (Å²) in [6.45, 7) is 2.73. The fourth-order valence-electron chi connectivity index (χ4n) is 3.43. The number of nitrogens with zero attached hydrogens (tertiary/aromatic N) is 1. The van der Waals surface area contributed by atoms with Gasteiger partial charge in [0.2, 0.25) is 0 Å². The first-order chi connectivity index (χ1) is 7.67. The zero-order chi connectivity index (χ0) is 11.2. The van der Waals surface area contributed by atoms with Crippen LogP contribution in [0.15, 0.2) is 18.2 Å². The van der Waals surface area contributed by atoms with Crippen molar-refractivity contribution in [2.75, 3.05) is 20.1 Å². The third-order valence-corrected chi connectivity index (χ3v) is 4.78. The lowest BCUT2D eigenvalue weighted by molar-refractivity contribution is -0.921. The molecule has 16 heavy (non-hydrogen) atoms. The van der Waals surface area contributed by atoms with Crippen LogP contribution in [0.25, 0.3) is 0 Å². The lowest BCUT2D eigenvalue weighted by atomic mass is 10.1. The summed E-state index contributed by atoms with van der Waals surface area (Å²) >= 11 is 6.06. The maximum absolute atomic E-state index is 6.06. The van der Waals surface area contributed by atoms with E-state index in [0.29, 0.717) is 0 Å². The van der Waals surface area contributed by atoms with Gasteiger partial charge in [0, 0.05) is 30.7 Å². The predicted octanol–water partition coefficient (Wildman–Crippen LogP) is 3.05. The second kappa shape index (κ2) is 3.75. The normalized spacial score (nSPS) is 27.0. The van der Waals surface area contributed by atoms with Crippen molar-refractivity contribution in [2.24, 2.45) is 0 Å². The summed E-state index contributed by atoms with van der Waals surface area (Å²) in [6.07, 6.45) is 5.30. The van der Waals surface area contributed by atoms with E-state index >= 15 is 0 Å². The van der Waals surface area contributed by atoms with E-state index in [-0.39, 0.29) is 0 Å². The fourth-order valence-corrected chi connectivity index (χ4v) is 3.62. The van der Waals surface area contributed by atoms with Gasteiger partial charge in [0.25, 0.3) is 0 Å². The molecule has 0 unspecified atom stereocenters. The zero-order valence-electron chi connectivity index (χ0n) is 9.88. The van der Waals surface area contributed by atoms with Gasteiger partial charge in [-0.3, -0.25) is 0 Å². The summed E-state index contributed by atoms with van der Waals surface area (Å²) < 4.78 is 1.28. The van der Waals surface area contributed by atoms with E-state index in [1.807, 2.05) is 6.07 Å². The Bertz CT molecular complexity index is 407. The van der Waals surface area contributed by atoms with Crippen LogP contribution in [0, 0.1) is 0 Å². The summed E-state index contributed by atoms with van der Waals surface area (Å²) in [4.78, 5) is 0. The third-order valence-electron chi connectivity index (χ3n) is 4.55. The van der Waals surface area contributed by atoms with Gasteiger partial charge in [-0.25, -0.2) is 0 Å². The van der Waals surface area contributed by atoms with E-state index in [0.717, 1.165) is 11.1 Å². The predicted molar refractivity (Wildman–Crippen MR) is 67.8 cm³/mol. The Morgan fingerprint density at radius 1 is 1.12 bits per heavy atom. The van der Waals surface area contributed by atoms with Crippen LogP contribution < -0.4 is 0 Å². The summed E-state index contributed by atoms with van der Waals surface area (Å²) in [5.74, 6) is 0. The van der Waals surface area contributed by atoms with E-state index < -0.39 is 0 Å². The molecule has 1 heterocycles. The van der Waals surface area contributed by atoms with Crippen molar-refractivity contribution in [1.29, 1.82) is 0 Å². The van der Waals surface area contributed by atoms with Crippen LogP contribution >= 0.6 is 11.6 Å². The topological polar surface area (TPSA) is 0 Å². The van der Waals surface area contributed by atoms with Crippen molar-refractivity contribution < 1.29 is 4.48 Å². The number of hydrogen-bond acceptors (Lipinski definition) is 0. The SMILES string of the molecule is C[N+]1([C@@H]2Cc3ccc(Cl)cc3C2)CCCC1. The molecule has 0 spiro atoms. The van der Waals surface area contributed by atoms with Gasteiger partial charge in [-0.05, 0) is 23.3 Å². The molecule has 0 aromatic heterocycles. The van der Waals surface area contributed by atoms with E-state index in [1.54, 1.807) is 0 Å². The Hall–Kier alpha value is -0.530. The molecule has 1 fully saturated rings. The molecule has 0 radical (unpaired) electrons. The number of rotatable bonds is 1. The minimum Gasteiger partial charge on any atom is -0.323 e. The van der Waals surface area contributed by atoms with E-state index in [4.69, 9.17) is 11.6 Å². The fraction of sp³-hybridized carbons (Fsp3) is 0.571. The zero-order valence-corrected chi connectivity index (χ0v) is 10.6. The van der Waals surface area contributed by atoms with Gasteiger partial charge >= 0.3 is 0 Å². The molecule has 1 saturated heterocycles. The lowest BCUT2D eigenvalue weighted by Crippen LogP contribution is -2.50. The molecule has 1 aromatic rings. The lowest BCUT2D eigenvalue weighted by Gasteiger charge is -2.35. The first-order valence-electron chi connectivity index (χ1n) is 6.29. The monoisotopic (exact) mass is 236 g/mol. The van der Waals surface area contributed by atoms with Crippen molar-refractivity contribution in [2.45, 2.75) is 31.7 Å². The van der Waals surface area contributed by atoms with E-state index in [2.05, 4.69) is 19.2 Å². The van der Waals surface area contributed by atoms with Crippen LogP contribution in [0.5, 0.6) is 0 Å². The van der Waals surface area contributed by atoms with Gasteiger partial charge in [-0.15, -0.1) is 0 Å². The second-order valence-electron chi connectivity index (χ2n) is 5.61. The molecule has 1 aromatic carbocycles. The van der Waals surface area contributed by atoms with Crippen LogP contribution in [0.3, 0.4) is 0 Å². The maximum Gasteiger partial charge on any atom is 0.0970 e. The van der Waals surface area contributed by atoms with Crippen LogP contribution in [0.1, 0.15) is 24.0 Å². The highest BCUT2D eigenvalue weighted by molar-refractivity contribution is 6.30. The molecule has 0 saturated carbocycles. The summed E-state index contributed by atoms with van der Waals surface area (Å²) in [7, 11) is 2.44. The van der Waals surface area contributed by atoms with Crippen LogP contribution in [-0.4, -0.2) is 30.7 Å². The minimum absolute atomic E-state index is 0.802. The quantitative estimate of drug-likeness (QED) is 0.658. The molecule has 0 N–H and O–H groups in total. The molecule has 1 aliphatic carbocycles. The Kier molecular flexibility index (Phi) is 2.49. The molecule has 3 rings (SSSR count). The first-order valence-corrected chi connectivity index (χ1v) is 6.67. The summed E-state index contributed by atoms with van der Waals surface area (Å²) in [5, 5.41) is 0.892. The van der Waals surface area contributed by atoms with Crippen molar-refractivity contribution >= 4 is 11.6 Å². The largest absolute Gasteiger partial charge is 0.323 e. The highest BCUT2D eigenvalue weighted by atomic mass is 35.5. The smallest absolute Gasteiger partial charge is 0.0970 e. The first kappa shape index (κ1) is 10.6. The summed E-state index contributed by atoms with van der Waals surface area (Å²) in [6, 6.07) is 7.22. The van der Waals surface area contributed by atoms with Gasteiger partial charge in [0.1, 0.15) is 0 Å². The molecular formula is C14H19ClN+. The standard InChI is InChI=1S/C14H19ClN/c1-16(6-2-3-7-16)14-9-11-4-5-13(15)8-12(11)10-14/h4-5,8,14H,2-3,6-7,9-10H2,1H3/q+1/t14-/m1/s1. The number of likely N-dealkylation sites (tertiary alicyclic amines) is 1. The van der Waals surface area contributed by atoms with Gasteiger partial charge in [-0.2, -0.15) is 0 Å². The number of fused-ring (bicyclic) bond motifs is 1. The maximum atomic E-state index is 6.06. The number of hydrogen-bond donors (Lipinski definition) is 0. The highest BCUT2D eigenvalue weighted by Crippen LogP contribution is 2.33. The van der Waals surface area contributed by atoms with Crippen molar-refractivity contribution in [3.05, 3.63) is 34.3 Å². The molecule has 0 amide bonds. The Labute approximate surface area is 103 Å². The van der Waals surface area contributed by atoms with E-state index in [1.165, 1.54) is 54.4 Å². The third kappa shape index (κ3) is 1.66. The van der Waals surface area contributed by atoms with Crippen molar-refractivity contribution in [1.82, 2.24) is 0 Å². The second-order valence-corrected chi connectivity index (χ2v) is 6.05. The molecule has 86 valence electrons. The molecule has 2 heteroatoms. The van der Waals surface area contributed by atoms with E-state index in [9.17, 15) is 0 Å². The number of quaternary nitrogens is 1. The molecule has 1 atom stereocenters. The number of likely N-dealkylation sites (N-methyl/N-ethyl adjacent to an activating group) is 1. The molecular weight excluding hydrogens is 218 g/mol. The molecule has 1 nitrogen and oxygen atoms in total. The molecule has 2 aliphatic rings. The Morgan fingerprint density at radius 3 is 2.56 bits per heavy atom. The van der Waals surface area contributed by atoms with Gasteiger partial charge in [0.05, 0.1) is 26.2 Å². The van der Waals surface area contributed by atoms with Crippen LogP contribution in [-0.2, 0) is 12.8 Å². The van der Waals surface area contributed by atoms with Gasteiger partial charge in [-0.1, -0.05) is 17.7 Å². The average molecular weight is 237 g/mol. The number of halogens is 1. The van der Waals surface area contributed by atoms with Gasteiger partial charge < -0.3 is 4.48 Å². The van der Waals surface area contributed by atoms with Crippen LogP contribution in [0.4, 0.5) is 0 Å². The Morgan fingerprint density at radius 2 is 1.81 bits per heavy atom. The average Bonchev–Trinajstić information content (AvgIpc) is 2.84. The van der Waals surface area contributed by atoms with Gasteiger partial charge in [0.15, 0.2) is 0 Å². The molecule has 1 aliphatic heterocycles. The molecule has 0 bridgehead atoms. The van der Waals surface area contributed by atoms with Crippen molar-refractivity contribution in [3.8, 4) is 0 Å².